The molecule has 0 bridgehead atoms. The molecule has 6 heteroatoms. The third-order valence-corrected chi connectivity index (χ3v) is 4.02. The summed E-state index contributed by atoms with van der Waals surface area (Å²) in [7, 11) is 0. The van der Waals surface area contributed by atoms with E-state index in [1.165, 1.54) is 0 Å². The Kier molecular flexibility index (Phi) is 4.58. The lowest BCUT2D eigenvalue weighted by Gasteiger charge is -2.31. The van der Waals surface area contributed by atoms with Gasteiger partial charge >= 0.3 is 6.09 Å². The first-order valence-corrected chi connectivity index (χ1v) is 7.85. The van der Waals surface area contributed by atoms with Crippen molar-refractivity contribution in [2.24, 2.45) is 0 Å². The molecule has 6 nitrogen and oxygen atoms in total. The Balaban J connectivity index is 1.48. The van der Waals surface area contributed by atoms with Gasteiger partial charge in [0.25, 0.3) is 0 Å². The summed E-state index contributed by atoms with van der Waals surface area (Å²) in [6, 6.07) is 8.45. The maximum atomic E-state index is 11.7. The van der Waals surface area contributed by atoms with E-state index in [4.69, 9.17) is 4.74 Å². The van der Waals surface area contributed by atoms with Crippen LogP contribution in [0.2, 0.25) is 0 Å². The van der Waals surface area contributed by atoms with Crippen LogP contribution >= 0.6 is 0 Å². The van der Waals surface area contributed by atoms with Gasteiger partial charge in [0.15, 0.2) is 0 Å². The molecule has 118 valence electrons. The summed E-state index contributed by atoms with van der Waals surface area (Å²) in [5, 5.41) is 3.52. The van der Waals surface area contributed by atoms with E-state index in [9.17, 15) is 4.79 Å². The highest BCUT2D eigenvalue weighted by molar-refractivity contribution is 5.74. The third kappa shape index (κ3) is 3.39. The SMILES string of the molecule is CCOC(=O)N1CCC(NCc2nc3ccccc3[nH]2)CC1. The van der Waals surface area contributed by atoms with Gasteiger partial charge in [0.2, 0.25) is 0 Å². The Morgan fingerprint density at radius 3 is 2.91 bits per heavy atom. The van der Waals surface area contributed by atoms with E-state index in [1.54, 1.807) is 4.90 Å². The minimum Gasteiger partial charge on any atom is -0.450 e. The molecule has 1 saturated heterocycles. The molecular formula is C16H22N4O2. The van der Waals surface area contributed by atoms with E-state index >= 15 is 0 Å². The number of carbonyl (C=O) groups excluding carboxylic acids is 1. The molecule has 22 heavy (non-hydrogen) atoms. The van der Waals surface area contributed by atoms with Gasteiger partial charge in [-0.05, 0) is 31.9 Å². The van der Waals surface area contributed by atoms with Crippen molar-refractivity contribution in [1.82, 2.24) is 20.2 Å². The predicted molar refractivity (Wildman–Crippen MR) is 84.6 cm³/mol. The van der Waals surface area contributed by atoms with Crippen LogP contribution in [0.15, 0.2) is 24.3 Å². The number of para-hydroxylation sites is 2. The Hall–Kier alpha value is -2.08. The zero-order chi connectivity index (χ0) is 15.4. The molecule has 0 radical (unpaired) electrons. The maximum Gasteiger partial charge on any atom is 0.409 e. The molecule has 1 fully saturated rings. The number of fused-ring (bicyclic) bond motifs is 1. The van der Waals surface area contributed by atoms with E-state index < -0.39 is 0 Å². The first-order valence-electron chi connectivity index (χ1n) is 7.85. The van der Waals surface area contributed by atoms with Crippen LogP contribution in [0.5, 0.6) is 0 Å². The highest BCUT2D eigenvalue weighted by atomic mass is 16.6. The highest BCUT2D eigenvalue weighted by Gasteiger charge is 2.23. The number of carbonyl (C=O) groups is 1. The molecule has 0 saturated carbocycles. The number of ether oxygens (including phenoxy) is 1. The van der Waals surface area contributed by atoms with Crippen molar-refractivity contribution in [2.45, 2.75) is 32.4 Å². The van der Waals surface area contributed by atoms with Gasteiger partial charge in [-0.3, -0.25) is 0 Å². The number of aromatic nitrogens is 2. The summed E-state index contributed by atoms with van der Waals surface area (Å²) in [4.78, 5) is 21.3. The summed E-state index contributed by atoms with van der Waals surface area (Å²) in [6.45, 7) is 4.48. The van der Waals surface area contributed by atoms with Gasteiger partial charge < -0.3 is 19.9 Å². The number of benzene rings is 1. The molecular weight excluding hydrogens is 280 g/mol. The standard InChI is InChI=1S/C16H22N4O2/c1-2-22-16(21)20-9-7-12(8-10-20)17-11-15-18-13-5-3-4-6-14(13)19-15/h3-6,12,17H,2,7-11H2,1H3,(H,18,19). The van der Waals surface area contributed by atoms with Gasteiger partial charge in [0, 0.05) is 19.1 Å². The first-order chi connectivity index (χ1) is 10.8. The number of imidazole rings is 1. The van der Waals surface area contributed by atoms with Crippen molar-refractivity contribution < 1.29 is 9.53 Å². The number of hydrogen-bond acceptors (Lipinski definition) is 4. The fourth-order valence-corrected chi connectivity index (χ4v) is 2.81. The van der Waals surface area contributed by atoms with Crippen LogP contribution in [0.25, 0.3) is 11.0 Å². The predicted octanol–water partition coefficient (Wildman–Crippen LogP) is 2.27. The Bertz CT molecular complexity index is 599. The van der Waals surface area contributed by atoms with Crippen LogP contribution in [0.1, 0.15) is 25.6 Å². The van der Waals surface area contributed by atoms with E-state index in [2.05, 4.69) is 15.3 Å². The Morgan fingerprint density at radius 1 is 1.41 bits per heavy atom. The number of aromatic amines is 1. The zero-order valence-electron chi connectivity index (χ0n) is 12.8. The second kappa shape index (κ2) is 6.79. The number of piperidine rings is 1. The number of amides is 1. The third-order valence-electron chi connectivity index (χ3n) is 4.02. The molecule has 0 aliphatic carbocycles. The summed E-state index contributed by atoms with van der Waals surface area (Å²) in [5.74, 6) is 0.953. The van der Waals surface area contributed by atoms with Crippen LogP contribution in [-0.2, 0) is 11.3 Å². The van der Waals surface area contributed by atoms with Gasteiger partial charge in [-0.2, -0.15) is 0 Å². The highest BCUT2D eigenvalue weighted by Crippen LogP contribution is 2.13. The Labute approximate surface area is 129 Å². The van der Waals surface area contributed by atoms with E-state index in [-0.39, 0.29) is 6.09 Å². The second-order valence-electron chi connectivity index (χ2n) is 5.54. The van der Waals surface area contributed by atoms with Crippen molar-refractivity contribution >= 4 is 17.1 Å². The molecule has 1 amide bonds. The average molecular weight is 302 g/mol. The molecule has 1 aromatic carbocycles. The molecule has 2 heterocycles. The maximum absolute atomic E-state index is 11.7. The van der Waals surface area contributed by atoms with Crippen molar-refractivity contribution in [2.75, 3.05) is 19.7 Å². The zero-order valence-corrected chi connectivity index (χ0v) is 12.8. The first kappa shape index (κ1) is 14.8. The number of H-pyrrole nitrogens is 1. The minimum absolute atomic E-state index is 0.196. The Morgan fingerprint density at radius 2 is 2.18 bits per heavy atom. The van der Waals surface area contributed by atoms with E-state index in [1.807, 2.05) is 31.2 Å². The van der Waals surface area contributed by atoms with Crippen LogP contribution < -0.4 is 5.32 Å². The molecule has 0 spiro atoms. The quantitative estimate of drug-likeness (QED) is 0.909. The van der Waals surface area contributed by atoms with Crippen LogP contribution in [0.3, 0.4) is 0 Å². The van der Waals surface area contributed by atoms with Crippen molar-refractivity contribution in [3.05, 3.63) is 30.1 Å². The fourth-order valence-electron chi connectivity index (χ4n) is 2.81. The number of likely N-dealkylation sites (tertiary alicyclic amines) is 1. The van der Waals surface area contributed by atoms with Crippen molar-refractivity contribution in [1.29, 1.82) is 0 Å². The van der Waals surface area contributed by atoms with Gasteiger partial charge in [-0.1, -0.05) is 12.1 Å². The molecule has 0 unspecified atom stereocenters. The summed E-state index contributed by atoms with van der Waals surface area (Å²) in [5.41, 5.74) is 2.06. The van der Waals surface area contributed by atoms with Crippen molar-refractivity contribution in [3.63, 3.8) is 0 Å². The van der Waals surface area contributed by atoms with Gasteiger partial charge in [-0.25, -0.2) is 9.78 Å². The van der Waals surface area contributed by atoms with Crippen LogP contribution in [0, 0.1) is 0 Å². The molecule has 0 atom stereocenters. The van der Waals surface area contributed by atoms with E-state index in [0.29, 0.717) is 12.6 Å². The van der Waals surface area contributed by atoms with Crippen LogP contribution in [-0.4, -0.2) is 46.7 Å². The molecule has 3 rings (SSSR count). The summed E-state index contributed by atoms with van der Waals surface area (Å²) in [6.07, 6.45) is 1.69. The lowest BCUT2D eigenvalue weighted by molar-refractivity contribution is 0.0949. The van der Waals surface area contributed by atoms with Gasteiger partial charge in [0.05, 0.1) is 24.2 Å². The molecule has 2 aromatic rings. The number of rotatable bonds is 4. The van der Waals surface area contributed by atoms with Gasteiger partial charge in [0.1, 0.15) is 5.82 Å². The topological polar surface area (TPSA) is 70.2 Å². The summed E-state index contributed by atoms with van der Waals surface area (Å²) < 4.78 is 5.03. The second-order valence-corrected chi connectivity index (χ2v) is 5.54. The number of nitrogens with one attached hydrogen (secondary N) is 2. The van der Waals surface area contributed by atoms with Crippen molar-refractivity contribution in [3.8, 4) is 0 Å². The minimum atomic E-state index is -0.196. The van der Waals surface area contributed by atoms with Gasteiger partial charge in [-0.15, -0.1) is 0 Å². The largest absolute Gasteiger partial charge is 0.450 e. The lowest BCUT2D eigenvalue weighted by atomic mass is 10.1. The number of hydrogen-bond donors (Lipinski definition) is 2. The summed E-state index contributed by atoms with van der Waals surface area (Å²) >= 11 is 0. The lowest BCUT2D eigenvalue weighted by Crippen LogP contribution is -2.45. The smallest absolute Gasteiger partial charge is 0.409 e. The molecule has 1 aliphatic heterocycles. The fraction of sp³-hybridized carbons (Fsp3) is 0.500. The average Bonchev–Trinajstić information content (AvgIpc) is 2.96. The molecule has 2 N–H and O–H groups in total. The monoisotopic (exact) mass is 302 g/mol. The normalized spacial score (nSPS) is 16.1. The number of nitrogens with zero attached hydrogens (tertiary/aromatic N) is 2. The van der Waals surface area contributed by atoms with Crippen LogP contribution in [0.4, 0.5) is 4.79 Å². The molecule has 1 aliphatic rings. The molecule has 1 aromatic heterocycles. The van der Waals surface area contributed by atoms with E-state index in [0.717, 1.165) is 49.3 Å².